The Hall–Kier alpha value is -0.860. The van der Waals surface area contributed by atoms with Gasteiger partial charge in [0.2, 0.25) is 0 Å². The first-order valence-electron chi connectivity index (χ1n) is 7.60. The van der Waals surface area contributed by atoms with Crippen LogP contribution in [0.2, 0.25) is 0 Å². The van der Waals surface area contributed by atoms with E-state index in [0.29, 0.717) is 18.0 Å². The zero-order valence-corrected chi connectivity index (χ0v) is 13.2. The van der Waals surface area contributed by atoms with E-state index in [0.717, 1.165) is 13.1 Å². The summed E-state index contributed by atoms with van der Waals surface area (Å²) in [6, 6.07) is 11.8. The van der Waals surface area contributed by atoms with E-state index < -0.39 is 0 Å². The molecule has 1 aromatic carbocycles. The largest absolute Gasteiger partial charge is 0.309 e. The summed E-state index contributed by atoms with van der Waals surface area (Å²) in [7, 11) is 2.23. The maximum atomic E-state index is 3.74. The van der Waals surface area contributed by atoms with Gasteiger partial charge in [-0.2, -0.15) is 0 Å². The Morgan fingerprint density at radius 2 is 1.74 bits per heavy atom. The third kappa shape index (κ3) is 4.63. The van der Waals surface area contributed by atoms with Gasteiger partial charge in [0.05, 0.1) is 0 Å². The summed E-state index contributed by atoms with van der Waals surface area (Å²) in [5, 5.41) is 3.74. The highest BCUT2D eigenvalue weighted by Gasteiger charge is 2.28. The fourth-order valence-electron chi connectivity index (χ4n) is 2.76. The van der Waals surface area contributed by atoms with Gasteiger partial charge in [0.1, 0.15) is 0 Å². The molecule has 2 heteroatoms. The minimum Gasteiger partial charge on any atom is -0.309 e. The number of benzene rings is 1. The van der Waals surface area contributed by atoms with Crippen molar-refractivity contribution < 1.29 is 0 Å². The smallest absolute Gasteiger partial charge is 0.0480 e. The van der Waals surface area contributed by atoms with E-state index in [4.69, 9.17) is 0 Å². The van der Waals surface area contributed by atoms with Crippen LogP contribution in [0.5, 0.6) is 0 Å². The van der Waals surface area contributed by atoms with Gasteiger partial charge in [-0.15, -0.1) is 0 Å². The number of rotatable bonds is 8. The quantitative estimate of drug-likeness (QED) is 0.768. The van der Waals surface area contributed by atoms with Crippen molar-refractivity contribution in [1.29, 1.82) is 0 Å². The van der Waals surface area contributed by atoms with Crippen molar-refractivity contribution in [3.63, 3.8) is 0 Å². The van der Waals surface area contributed by atoms with Gasteiger partial charge in [0, 0.05) is 12.1 Å². The van der Waals surface area contributed by atoms with Crippen LogP contribution in [0.25, 0.3) is 0 Å². The molecule has 2 nitrogen and oxygen atoms in total. The Morgan fingerprint density at radius 3 is 2.21 bits per heavy atom. The van der Waals surface area contributed by atoms with Crippen molar-refractivity contribution in [2.75, 3.05) is 20.1 Å². The van der Waals surface area contributed by atoms with Crippen molar-refractivity contribution in [1.82, 2.24) is 10.2 Å². The maximum absolute atomic E-state index is 3.74. The molecule has 108 valence electrons. The molecule has 1 N–H and O–H groups in total. The second-order valence-electron chi connectivity index (χ2n) is 5.65. The summed E-state index contributed by atoms with van der Waals surface area (Å²) in [5.41, 5.74) is 1.40. The summed E-state index contributed by atoms with van der Waals surface area (Å²) < 4.78 is 0. The first-order chi connectivity index (χ1) is 9.11. The third-order valence-electron chi connectivity index (χ3n) is 3.81. The monoisotopic (exact) mass is 262 g/mol. The van der Waals surface area contributed by atoms with Crippen LogP contribution in [0, 0.1) is 5.92 Å². The first kappa shape index (κ1) is 16.2. The summed E-state index contributed by atoms with van der Waals surface area (Å²) in [4.78, 5) is 2.46. The molecule has 0 aliphatic heterocycles. The highest BCUT2D eigenvalue weighted by Crippen LogP contribution is 2.25. The Labute approximate surface area is 119 Å². The van der Waals surface area contributed by atoms with Crippen LogP contribution in [-0.4, -0.2) is 31.1 Å². The van der Waals surface area contributed by atoms with E-state index in [2.05, 4.69) is 75.3 Å². The molecule has 0 aromatic heterocycles. The van der Waals surface area contributed by atoms with E-state index >= 15 is 0 Å². The van der Waals surface area contributed by atoms with Crippen molar-refractivity contribution in [3.05, 3.63) is 35.9 Å². The van der Waals surface area contributed by atoms with Crippen LogP contribution in [0.15, 0.2) is 30.3 Å². The fourth-order valence-corrected chi connectivity index (χ4v) is 2.76. The van der Waals surface area contributed by atoms with Gasteiger partial charge in [-0.1, -0.05) is 58.0 Å². The molecule has 0 saturated heterocycles. The average Bonchev–Trinajstić information content (AvgIpc) is 2.43. The Balaban J connectivity index is 2.99. The molecule has 19 heavy (non-hydrogen) atoms. The van der Waals surface area contributed by atoms with E-state index in [9.17, 15) is 0 Å². The molecule has 0 aliphatic rings. The van der Waals surface area contributed by atoms with Crippen molar-refractivity contribution >= 4 is 0 Å². The Morgan fingerprint density at radius 1 is 1.11 bits per heavy atom. The molecule has 0 amide bonds. The second kappa shape index (κ2) is 8.34. The highest BCUT2D eigenvalue weighted by atomic mass is 15.2. The number of hydrogen-bond donors (Lipinski definition) is 1. The van der Waals surface area contributed by atoms with Crippen LogP contribution in [-0.2, 0) is 0 Å². The van der Waals surface area contributed by atoms with E-state index in [1.165, 1.54) is 12.0 Å². The van der Waals surface area contributed by atoms with Gasteiger partial charge in [-0.05, 0) is 38.0 Å². The predicted octanol–water partition coefficient (Wildman–Crippen LogP) is 3.70. The molecule has 1 rings (SSSR count). The predicted molar refractivity (Wildman–Crippen MR) is 84.4 cm³/mol. The molecule has 0 heterocycles. The summed E-state index contributed by atoms with van der Waals surface area (Å²) in [6.45, 7) is 11.3. The lowest BCUT2D eigenvalue weighted by atomic mass is 9.89. The van der Waals surface area contributed by atoms with Gasteiger partial charge in [-0.3, -0.25) is 0 Å². The maximum Gasteiger partial charge on any atom is 0.0480 e. The standard InChI is InChI=1S/C17H30N2/c1-6-13-18-16(15-11-9-8-10-12-15)17(14(3)4)19(5)7-2/h8-12,14,16-18H,6-7,13H2,1-5H3. The molecule has 0 aliphatic carbocycles. The van der Waals surface area contributed by atoms with Gasteiger partial charge < -0.3 is 10.2 Å². The van der Waals surface area contributed by atoms with Crippen molar-refractivity contribution in [2.45, 2.75) is 46.2 Å². The minimum absolute atomic E-state index is 0.408. The number of hydrogen-bond acceptors (Lipinski definition) is 2. The fraction of sp³-hybridized carbons (Fsp3) is 0.647. The molecule has 0 radical (unpaired) electrons. The van der Waals surface area contributed by atoms with Crippen LogP contribution in [0.1, 0.15) is 45.7 Å². The van der Waals surface area contributed by atoms with Crippen LogP contribution < -0.4 is 5.32 Å². The topological polar surface area (TPSA) is 15.3 Å². The molecule has 0 bridgehead atoms. The zero-order valence-electron chi connectivity index (χ0n) is 13.2. The Bertz CT molecular complexity index is 334. The van der Waals surface area contributed by atoms with Crippen LogP contribution in [0.4, 0.5) is 0 Å². The molecule has 0 spiro atoms. The number of nitrogens with one attached hydrogen (secondary N) is 1. The van der Waals surface area contributed by atoms with E-state index in [1.807, 2.05) is 0 Å². The second-order valence-corrected chi connectivity index (χ2v) is 5.65. The van der Waals surface area contributed by atoms with Gasteiger partial charge >= 0.3 is 0 Å². The van der Waals surface area contributed by atoms with E-state index in [1.54, 1.807) is 0 Å². The lowest BCUT2D eigenvalue weighted by Gasteiger charge is -2.38. The van der Waals surface area contributed by atoms with Crippen molar-refractivity contribution in [2.24, 2.45) is 5.92 Å². The van der Waals surface area contributed by atoms with E-state index in [-0.39, 0.29) is 0 Å². The molecule has 1 aromatic rings. The molecule has 2 unspecified atom stereocenters. The lowest BCUT2D eigenvalue weighted by Crippen LogP contribution is -2.46. The summed E-state index contributed by atoms with van der Waals surface area (Å²) in [5.74, 6) is 0.625. The molecular weight excluding hydrogens is 232 g/mol. The number of likely N-dealkylation sites (N-methyl/N-ethyl adjacent to an activating group) is 1. The van der Waals surface area contributed by atoms with Gasteiger partial charge in [0.15, 0.2) is 0 Å². The zero-order chi connectivity index (χ0) is 14.3. The summed E-state index contributed by atoms with van der Waals surface area (Å²) in [6.07, 6.45) is 1.17. The normalized spacial score (nSPS) is 14.9. The Kier molecular flexibility index (Phi) is 7.11. The average molecular weight is 262 g/mol. The van der Waals surface area contributed by atoms with Crippen molar-refractivity contribution in [3.8, 4) is 0 Å². The SMILES string of the molecule is CCCNC(c1ccccc1)C(C(C)C)N(C)CC. The molecule has 0 saturated carbocycles. The molecular formula is C17H30N2. The highest BCUT2D eigenvalue weighted by molar-refractivity contribution is 5.21. The third-order valence-corrected chi connectivity index (χ3v) is 3.81. The number of nitrogens with zero attached hydrogens (tertiary/aromatic N) is 1. The molecule has 2 atom stereocenters. The minimum atomic E-state index is 0.408. The van der Waals surface area contributed by atoms with Crippen LogP contribution >= 0.6 is 0 Å². The molecule has 0 fully saturated rings. The van der Waals surface area contributed by atoms with Gasteiger partial charge in [0.25, 0.3) is 0 Å². The lowest BCUT2D eigenvalue weighted by molar-refractivity contribution is 0.153. The van der Waals surface area contributed by atoms with Crippen LogP contribution in [0.3, 0.4) is 0 Å². The summed E-state index contributed by atoms with van der Waals surface area (Å²) >= 11 is 0. The first-order valence-corrected chi connectivity index (χ1v) is 7.60. The van der Waals surface area contributed by atoms with Gasteiger partial charge in [-0.25, -0.2) is 0 Å².